The van der Waals surface area contributed by atoms with Gasteiger partial charge in [-0.25, -0.2) is 5.11 Å². The van der Waals surface area contributed by atoms with Gasteiger partial charge in [-0.3, -0.25) is 0 Å². The lowest BCUT2D eigenvalue weighted by molar-refractivity contribution is 0.0986. The van der Waals surface area contributed by atoms with Gasteiger partial charge in [0.05, 0.1) is 6.10 Å². The van der Waals surface area contributed by atoms with Gasteiger partial charge in [-0.15, -0.1) is 0 Å². The molecule has 1 unspecified atom stereocenters. The third-order valence-electron chi connectivity index (χ3n) is 1.14. The van der Waals surface area contributed by atoms with E-state index in [1.54, 1.807) is 6.92 Å². The Labute approximate surface area is 57.4 Å². The van der Waals surface area contributed by atoms with E-state index in [1.165, 1.54) is 0 Å². The van der Waals surface area contributed by atoms with Gasteiger partial charge in [0.1, 0.15) is 0 Å². The van der Waals surface area contributed by atoms with Crippen molar-refractivity contribution in [3.05, 3.63) is 12.2 Å². The largest absolute Gasteiger partial charge is 0.233 e. The van der Waals surface area contributed by atoms with Crippen molar-refractivity contribution in [1.82, 2.24) is 0 Å². The summed E-state index contributed by atoms with van der Waals surface area (Å²) < 4.78 is 0. The summed E-state index contributed by atoms with van der Waals surface area (Å²) in [5.74, 6) is 0. The molecule has 0 aromatic heterocycles. The zero-order chi connectivity index (χ0) is 7.11. The Balaban J connectivity index is 2.99. The molecule has 0 saturated heterocycles. The van der Waals surface area contributed by atoms with Gasteiger partial charge >= 0.3 is 0 Å². The molecule has 0 bridgehead atoms. The van der Waals surface area contributed by atoms with E-state index < -0.39 is 6.10 Å². The van der Waals surface area contributed by atoms with E-state index in [0.29, 0.717) is 0 Å². The molecule has 0 fully saturated rings. The minimum absolute atomic E-state index is 0.397. The second-order valence-electron chi connectivity index (χ2n) is 2.27. The standard InChI is InChI=1S/C8H15O/c1-3-4-5-6-7-8(2)9/h4-5,8H,3,6-7H2,1-2H3/b5-4+. The quantitative estimate of drug-likeness (QED) is 0.517. The van der Waals surface area contributed by atoms with E-state index >= 15 is 0 Å². The summed E-state index contributed by atoms with van der Waals surface area (Å²) in [6.07, 6.45) is 6.57. The maximum absolute atomic E-state index is 10.5. The van der Waals surface area contributed by atoms with E-state index in [1.807, 2.05) is 0 Å². The zero-order valence-corrected chi connectivity index (χ0v) is 6.26. The molecular weight excluding hydrogens is 112 g/mol. The molecule has 0 aliphatic rings. The Bertz CT molecular complexity index is 74.6. The van der Waals surface area contributed by atoms with Gasteiger partial charge in [0.15, 0.2) is 0 Å². The molecule has 1 atom stereocenters. The van der Waals surface area contributed by atoms with Crippen molar-refractivity contribution in [1.29, 1.82) is 0 Å². The van der Waals surface area contributed by atoms with Gasteiger partial charge in [0.25, 0.3) is 0 Å². The monoisotopic (exact) mass is 127 g/mol. The molecule has 1 heteroatoms. The number of hydrogen-bond donors (Lipinski definition) is 0. The van der Waals surface area contributed by atoms with Crippen LogP contribution in [0.2, 0.25) is 0 Å². The third kappa shape index (κ3) is 7.70. The fraction of sp³-hybridized carbons (Fsp3) is 0.750. The lowest BCUT2D eigenvalue weighted by Crippen LogP contribution is -1.94. The molecule has 1 radical (unpaired) electrons. The van der Waals surface area contributed by atoms with Crippen LogP contribution in [0, 0.1) is 0 Å². The Morgan fingerprint density at radius 2 is 2.11 bits per heavy atom. The van der Waals surface area contributed by atoms with Gasteiger partial charge in [-0.2, -0.15) is 0 Å². The minimum atomic E-state index is -0.397. The maximum atomic E-state index is 10.5. The summed E-state index contributed by atoms with van der Waals surface area (Å²) in [5, 5.41) is 10.5. The highest BCUT2D eigenvalue weighted by Gasteiger charge is 1.92. The van der Waals surface area contributed by atoms with Crippen molar-refractivity contribution < 1.29 is 5.11 Å². The van der Waals surface area contributed by atoms with Crippen LogP contribution in [-0.2, 0) is 5.11 Å². The molecule has 0 aromatic carbocycles. The first-order valence-electron chi connectivity index (χ1n) is 3.58. The van der Waals surface area contributed by atoms with Crippen LogP contribution in [0.15, 0.2) is 12.2 Å². The summed E-state index contributed by atoms with van der Waals surface area (Å²) in [7, 11) is 0. The smallest absolute Gasteiger partial charge is 0.0905 e. The minimum Gasteiger partial charge on any atom is -0.233 e. The Morgan fingerprint density at radius 3 is 2.56 bits per heavy atom. The van der Waals surface area contributed by atoms with E-state index in [2.05, 4.69) is 19.1 Å². The fourth-order valence-corrected chi connectivity index (χ4v) is 0.615. The van der Waals surface area contributed by atoms with Crippen LogP contribution >= 0.6 is 0 Å². The van der Waals surface area contributed by atoms with Crippen molar-refractivity contribution in [2.45, 2.75) is 39.2 Å². The second-order valence-corrected chi connectivity index (χ2v) is 2.27. The molecule has 0 amide bonds. The van der Waals surface area contributed by atoms with Crippen molar-refractivity contribution in [3.8, 4) is 0 Å². The van der Waals surface area contributed by atoms with Gasteiger partial charge in [-0.1, -0.05) is 19.1 Å². The summed E-state index contributed by atoms with van der Waals surface area (Å²) in [6, 6.07) is 0. The number of allylic oxidation sites excluding steroid dienone is 2. The van der Waals surface area contributed by atoms with E-state index in [-0.39, 0.29) is 0 Å². The first kappa shape index (κ1) is 8.70. The summed E-state index contributed by atoms with van der Waals surface area (Å²) in [6.45, 7) is 3.80. The van der Waals surface area contributed by atoms with Crippen LogP contribution in [0.25, 0.3) is 0 Å². The second kappa shape index (κ2) is 5.83. The molecule has 0 aliphatic carbocycles. The molecule has 0 N–H and O–H groups in total. The first-order chi connectivity index (χ1) is 4.27. The van der Waals surface area contributed by atoms with Crippen LogP contribution in [0.1, 0.15) is 33.1 Å². The van der Waals surface area contributed by atoms with Gasteiger partial charge in [-0.05, 0) is 26.2 Å². The van der Waals surface area contributed by atoms with Crippen LogP contribution in [0.3, 0.4) is 0 Å². The summed E-state index contributed by atoms with van der Waals surface area (Å²) in [5.41, 5.74) is 0. The predicted octanol–water partition coefficient (Wildman–Crippen LogP) is 2.55. The zero-order valence-electron chi connectivity index (χ0n) is 6.26. The van der Waals surface area contributed by atoms with Crippen LogP contribution in [-0.4, -0.2) is 6.10 Å². The molecule has 53 valence electrons. The van der Waals surface area contributed by atoms with E-state index in [4.69, 9.17) is 0 Å². The number of hydrogen-bond acceptors (Lipinski definition) is 0. The summed E-state index contributed by atoms with van der Waals surface area (Å²) in [4.78, 5) is 0. The molecule has 9 heavy (non-hydrogen) atoms. The summed E-state index contributed by atoms with van der Waals surface area (Å²) >= 11 is 0. The van der Waals surface area contributed by atoms with E-state index in [0.717, 1.165) is 19.3 Å². The van der Waals surface area contributed by atoms with Crippen molar-refractivity contribution >= 4 is 0 Å². The fourth-order valence-electron chi connectivity index (χ4n) is 0.615. The first-order valence-corrected chi connectivity index (χ1v) is 3.58. The average molecular weight is 127 g/mol. The lowest BCUT2D eigenvalue weighted by atomic mass is 10.2. The topological polar surface area (TPSA) is 19.9 Å². The molecule has 1 nitrogen and oxygen atoms in total. The van der Waals surface area contributed by atoms with Gasteiger partial charge in [0.2, 0.25) is 0 Å². The molecule has 0 spiro atoms. The van der Waals surface area contributed by atoms with Gasteiger partial charge < -0.3 is 0 Å². The highest BCUT2D eigenvalue weighted by molar-refractivity contribution is 4.80. The highest BCUT2D eigenvalue weighted by Crippen LogP contribution is 1.97. The highest BCUT2D eigenvalue weighted by atomic mass is 16.3. The van der Waals surface area contributed by atoms with E-state index in [9.17, 15) is 5.11 Å². The molecule has 0 rings (SSSR count). The predicted molar refractivity (Wildman–Crippen MR) is 38.8 cm³/mol. The average Bonchev–Trinajstić information content (AvgIpc) is 1.80. The van der Waals surface area contributed by atoms with Crippen molar-refractivity contribution in [3.63, 3.8) is 0 Å². The van der Waals surface area contributed by atoms with Crippen molar-refractivity contribution in [2.24, 2.45) is 0 Å². The van der Waals surface area contributed by atoms with Crippen LogP contribution in [0.5, 0.6) is 0 Å². The molecular formula is C8H15O. The molecule has 0 aromatic rings. The Morgan fingerprint density at radius 1 is 1.44 bits per heavy atom. The van der Waals surface area contributed by atoms with Gasteiger partial charge in [0, 0.05) is 0 Å². The molecule has 0 aliphatic heterocycles. The molecule has 0 saturated carbocycles. The normalized spacial score (nSPS) is 14.6. The SMILES string of the molecule is CC/C=C/CCC(C)[O]. The number of rotatable bonds is 4. The Hall–Kier alpha value is -0.300. The Kier molecular flexibility index (Phi) is 5.64. The molecule has 0 heterocycles. The maximum Gasteiger partial charge on any atom is 0.0905 e. The van der Waals surface area contributed by atoms with Crippen LogP contribution < -0.4 is 0 Å². The lowest BCUT2D eigenvalue weighted by Gasteiger charge is -1.94. The van der Waals surface area contributed by atoms with Crippen molar-refractivity contribution in [2.75, 3.05) is 0 Å². The van der Waals surface area contributed by atoms with Crippen LogP contribution in [0.4, 0.5) is 0 Å². The third-order valence-corrected chi connectivity index (χ3v) is 1.14.